The quantitative estimate of drug-likeness (QED) is 0.780. The topological polar surface area (TPSA) is 57.6 Å². The fraction of sp³-hybridized carbons (Fsp3) is 0.833. The number of likely N-dealkylation sites (tertiary alicyclic amines) is 1. The van der Waals surface area contributed by atoms with Gasteiger partial charge >= 0.3 is 5.97 Å². The summed E-state index contributed by atoms with van der Waals surface area (Å²) in [5, 5.41) is 8.79. The minimum Gasteiger partial charge on any atom is -0.481 e. The molecule has 0 radical (unpaired) electrons. The highest BCUT2D eigenvalue weighted by atomic mass is 16.4. The zero-order chi connectivity index (χ0) is 12.0. The van der Waals surface area contributed by atoms with Crippen LogP contribution in [-0.4, -0.2) is 35.0 Å². The van der Waals surface area contributed by atoms with E-state index in [2.05, 4.69) is 0 Å². The van der Waals surface area contributed by atoms with Crippen molar-refractivity contribution in [1.82, 2.24) is 4.90 Å². The Balaban J connectivity index is 2.54. The van der Waals surface area contributed by atoms with E-state index in [1.54, 1.807) is 0 Å². The lowest BCUT2D eigenvalue weighted by Crippen LogP contribution is -2.40. The molecular formula is C12H21NO3. The Hall–Kier alpha value is -1.06. The molecule has 1 amide bonds. The van der Waals surface area contributed by atoms with Crippen LogP contribution in [-0.2, 0) is 9.59 Å². The number of hydrogen-bond acceptors (Lipinski definition) is 2. The Morgan fingerprint density at radius 3 is 2.38 bits per heavy atom. The van der Waals surface area contributed by atoms with E-state index >= 15 is 0 Å². The molecule has 1 atom stereocenters. The van der Waals surface area contributed by atoms with Gasteiger partial charge in [0.25, 0.3) is 0 Å². The molecule has 1 rings (SSSR count). The number of carbonyl (C=O) groups is 2. The third kappa shape index (κ3) is 3.83. The molecule has 1 unspecified atom stereocenters. The molecule has 4 nitrogen and oxygen atoms in total. The molecule has 1 aliphatic rings. The lowest BCUT2D eigenvalue weighted by molar-refractivity contribution is -0.145. The van der Waals surface area contributed by atoms with Gasteiger partial charge in [-0.25, -0.2) is 0 Å². The highest BCUT2D eigenvalue weighted by Crippen LogP contribution is 2.18. The molecule has 16 heavy (non-hydrogen) atoms. The maximum absolute atomic E-state index is 12.1. The normalized spacial score (nSPS) is 18.2. The third-order valence-electron chi connectivity index (χ3n) is 3.08. The van der Waals surface area contributed by atoms with E-state index in [1.807, 2.05) is 11.8 Å². The molecule has 0 bridgehead atoms. The Labute approximate surface area is 96.6 Å². The lowest BCUT2D eigenvalue weighted by atomic mass is 9.97. The lowest BCUT2D eigenvalue weighted by Gasteiger charge is -2.30. The molecule has 0 aromatic carbocycles. The van der Waals surface area contributed by atoms with Crippen molar-refractivity contribution in [2.45, 2.75) is 45.4 Å². The van der Waals surface area contributed by atoms with Crippen molar-refractivity contribution in [3.05, 3.63) is 0 Å². The number of carboxylic acid groups (broad SMARTS) is 1. The van der Waals surface area contributed by atoms with Crippen molar-refractivity contribution in [2.24, 2.45) is 5.92 Å². The van der Waals surface area contributed by atoms with Crippen LogP contribution < -0.4 is 0 Å². The summed E-state index contributed by atoms with van der Waals surface area (Å²) >= 11 is 0. The van der Waals surface area contributed by atoms with Gasteiger partial charge in [-0.3, -0.25) is 9.59 Å². The first kappa shape index (κ1) is 13.0. The second-order valence-corrected chi connectivity index (χ2v) is 4.47. The molecule has 92 valence electrons. The third-order valence-corrected chi connectivity index (χ3v) is 3.08. The summed E-state index contributed by atoms with van der Waals surface area (Å²) in [5.74, 6) is -1.15. The number of carboxylic acids is 1. The second-order valence-electron chi connectivity index (χ2n) is 4.47. The molecule has 1 aliphatic heterocycles. The minimum absolute atomic E-state index is 0.0246. The summed E-state index contributed by atoms with van der Waals surface area (Å²) in [4.78, 5) is 24.6. The van der Waals surface area contributed by atoms with Gasteiger partial charge in [0.05, 0.1) is 6.42 Å². The molecule has 0 spiro atoms. The van der Waals surface area contributed by atoms with Crippen molar-refractivity contribution < 1.29 is 14.7 Å². The zero-order valence-electron chi connectivity index (χ0n) is 9.95. The van der Waals surface area contributed by atoms with Gasteiger partial charge in [0, 0.05) is 19.0 Å². The highest BCUT2D eigenvalue weighted by molar-refractivity contribution is 5.83. The van der Waals surface area contributed by atoms with E-state index in [-0.39, 0.29) is 18.2 Å². The van der Waals surface area contributed by atoms with Crippen molar-refractivity contribution in [3.8, 4) is 0 Å². The summed E-state index contributed by atoms with van der Waals surface area (Å²) in [6.07, 6.45) is 4.80. The molecule has 1 fully saturated rings. The first-order chi connectivity index (χ1) is 7.65. The molecule has 0 aromatic heterocycles. The molecule has 0 aromatic rings. The Morgan fingerprint density at radius 2 is 1.88 bits per heavy atom. The van der Waals surface area contributed by atoms with Crippen LogP contribution in [0.5, 0.6) is 0 Å². The van der Waals surface area contributed by atoms with Gasteiger partial charge in [0.1, 0.15) is 0 Å². The number of rotatable bonds is 5. The van der Waals surface area contributed by atoms with Crippen molar-refractivity contribution >= 4 is 11.9 Å². The predicted molar refractivity (Wildman–Crippen MR) is 61.1 cm³/mol. The molecule has 4 heteroatoms. The maximum atomic E-state index is 12.1. The highest BCUT2D eigenvalue weighted by Gasteiger charge is 2.26. The molecule has 1 saturated heterocycles. The van der Waals surface area contributed by atoms with E-state index in [0.29, 0.717) is 6.42 Å². The summed E-state index contributed by atoms with van der Waals surface area (Å²) in [6, 6.07) is 0. The number of aliphatic carboxylic acids is 1. The van der Waals surface area contributed by atoms with Crippen LogP contribution in [0.4, 0.5) is 0 Å². The van der Waals surface area contributed by atoms with Crippen LogP contribution in [0.15, 0.2) is 0 Å². The number of amides is 1. The summed E-state index contributed by atoms with van der Waals surface area (Å²) in [6.45, 7) is 3.59. The van der Waals surface area contributed by atoms with Crippen molar-refractivity contribution in [3.63, 3.8) is 0 Å². The number of hydrogen-bond donors (Lipinski definition) is 1. The molecule has 0 aliphatic carbocycles. The monoisotopic (exact) mass is 227 g/mol. The van der Waals surface area contributed by atoms with E-state index in [9.17, 15) is 9.59 Å². The van der Waals surface area contributed by atoms with E-state index in [4.69, 9.17) is 5.11 Å². The predicted octanol–water partition coefficient (Wildman–Crippen LogP) is 1.89. The first-order valence-electron chi connectivity index (χ1n) is 6.15. The number of nitrogens with zero attached hydrogens (tertiary/aromatic N) is 1. The van der Waals surface area contributed by atoms with Crippen LogP contribution in [0, 0.1) is 5.92 Å². The van der Waals surface area contributed by atoms with Crippen molar-refractivity contribution in [1.29, 1.82) is 0 Å². The average Bonchev–Trinajstić information content (AvgIpc) is 2.28. The van der Waals surface area contributed by atoms with Crippen LogP contribution >= 0.6 is 0 Å². The first-order valence-corrected chi connectivity index (χ1v) is 6.15. The Bertz CT molecular complexity index is 247. The van der Waals surface area contributed by atoms with Crippen LogP contribution in [0.3, 0.4) is 0 Å². The zero-order valence-corrected chi connectivity index (χ0v) is 9.95. The van der Waals surface area contributed by atoms with Crippen LogP contribution in [0.25, 0.3) is 0 Å². The van der Waals surface area contributed by atoms with Gasteiger partial charge in [0.15, 0.2) is 0 Å². The summed E-state index contributed by atoms with van der Waals surface area (Å²) in [5.41, 5.74) is 0. The van der Waals surface area contributed by atoms with Gasteiger partial charge in [-0.15, -0.1) is 0 Å². The van der Waals surface area contributed by atoms with E-state index in [0.717, 1.165) is 32.4 Å². The van der Waals surface area contributed by atoms with Gasteiger partial charge in [-0.05, 0) is 25.7 Å². The van der Waals surface area contributed by atoms with Gasteiger partial charge in [-0.1, -0.05) is 13.3 Å². The second kappa shape index (κ2) is 6.51. The number of carbonyl (C=O) groups excluding carboxylic acids is 1. The van der Waals surface area contributed by atoms with E-state index in [1.165, 1.54) is 6.42 Å². The van der Waals surface area contributed by atoms with Crippen LogP contribution in [0.1, 0.15) is 45.4 Å². The molecule has 1 N–H and O–H groups in total. The smallest absolute Gasteiger partial charge is 0.304 e. The summed E-state index contributed by atoms with van der Waals surface area (Å²) in [7, 11) is 0. The summed E-state index contributed by atoms with van der Waals surface area (Å²) < 4.78 is 0. The largest absolute Gasteiger partial charge is 0.481 e. The SMILES string of the molecule is CCCC(CC(=O)O)C(=O)N1CCCCC1. The van der Waals surface area contributed by atoms with Gasteiger partial charge < -0.3 is 10.0 Å². The Kier molecular flexibility index (Phi) is 5.29. The fourth-order valence-electron chi connectivity index (χ4n) is 2.24. The Morgan fingerprint density at radius 1 is 1.25 bits per heavy atom. The minimum atomic E-state index is -0.871. The fourth-order valence-corrected chi connectivity index (χ4v) is 2.24. The van der Waals surface area contributed by atoms with Crippen molar-refractivity contribution in [2.75, 3.05) is 13.1 Å². The molecule has 0 saturated carbocycles. The van der Waals surface area contributed by atoms with Gasteiger partial charge in [0.2, 0.25) is 5.91 Å². The number of piperidine rings is 1. The molecule has 1 heterocycles. The average molecular weight is 227 g/mol. The maximum Gasteiger partial charge on any atom is 0.304 e. The van der Waals surface area contributed by atoms with E-state index < -0.39 is 5.97 Å². The van der Waals surface area contributed by atoms with Gasteiger partial charge in [-0.2, -0.15) is 0 Å². The molecular weight excluding hydrogens is 206 g/mol. The van der Waals surface area contributed by atoms with Crippen LogP contribution in [0.2, 0.25) is 0 Å². The standard InChI is InChI=1S/C12H21NO3/c1-2-6-10(9-11(14)15)12(16)13-7-4-3-5-8-13/h10H,2-9H2,1H3,(H,14,15).